The SMILES string of the molecule is CNC(C)(CCCN1CCC(N2CCCC2)C1)C(N)=O. The number of hydrogen-bond acceptors (Lipinski definition) is 4. The summed E-state index contributed by atoms with van der Waals surface area (Å²) < 4.78 is 0. The number of carbonyl (C=O) groups is 1. The molecule has 0 radical (unpaired) electrons. The number of amides is 1. The zero-order valence-electron chi connectivity index (χ0n) is 13.0. The van der Waals surface area contributed by atoms with Crippen LogP contribution in [0.4, 0.5) is 0 Å². The van der Waals surface area contributed by atoms with Gasteiger partial charge in [-0.05, 0) is 72.3 Å². The van der Waals surface area contributed by atoms with Crippen LogP contribution in [-0.2, 0) is 4.79 Å². The van der Waals surface area contributed by atoms with Crippen molar-refractivity contribution >= 4 is 5.91 Å². The molecule has 5 nitrogen and oxygen atoms in total. The molecule has 2 heterocycles. The molecular weight excluding hydrogens is 252 g/mol. The lowest BCUT2D eigenvalue weighted by atomic mass is 9.95. The van der Waals surface area contributed by atoms with Crippen LogP contribution in [0, 0.1) is 0 Å². The molecule has 5 heteroatoms. The number of nitrogens with one attached hydrogen (secondary N) is 1. The summed E-state index contributed by atoms with van der Waals surface area (Å²) in [6.45, 7) is 7.96. The molecule has 0 aliphatic carbocycles. The molecule has 0 spiro atoms. The highest BCUT2D eigenvalue weighted by Crippen LogP contribution is 2.21. The van der Waals surface area contributed by atoms with E-state index in [1.807, 2.05) is 14.0 Å². The van der Waals surface area contributed by atoms with Gasteiger partial charge in [0.2, 0.25) is 5.91 Å². The first-order valence-corrected chi connectivity index (χ1v) is 8.00. The molecule has 2 fully saturated rings. The predicted octanol–water partition coefficient (Wildman–Crippen LogP) is 0.400. The predicted molar refractivity (Wildman–Crippen MR) is 81.5 cm³/mol. The Balaban J connectivity index is 1.69. The van der Waals surface area contributed by atoms with Gasteiger partial charge in [0.15, 0.2) is 0 Å². The van der Waals surface area contributed by atoms with E-state index in [9.17, 15) is 4.79 Å². The van der Waals surface area contributed by atoms with E-state index in [4.69, 9.17) is 5.73 Å². The van der Waals surface area contributed by atoms with Crippen molar-refractivity contribution in [2.45, 2.75) is 50.6 Å². The van der Waals surface area contributed by atoms with Crippen LogP contribution in [0.25, 0.3) is 0 Å². The summed E-state index contributed by atoms with van der Waals surface area (Å²) in [5.41, 5.74) is 4.90. The molecular formula is C15H30N4O. The van der Waals surface area contributed by atoms with Gasteiger partial charge in [-0.15, -0.1) is 0 Å². The lowest BCUT2D eigenvalue weighted by Gasteiger charge is -2.27. The number of hydrogen-bond donors (Lipinski definition) is 2. The second-order valence-corrected chi connectivity index (χ2v) is 6.54. The molecule has 0 aromatic heterocycles. The number of primary amides is 1. The Morgan fingerprint density at radius 1 is 1.35 bits per heavy atom. The molecule has 0 aromatic carbocycles. The Hall–Kier alpha value is -0.650. The standard InChI is InChI=1S/C15H30N4O/c1-15(17-2,14(16)20)7-5-8-18-11-6-13(12-18)19-9-3-4-10-19/h13,17H,3-12H2,1-2H3,(H2,16,20). The summed E-state index contributed by atoms with van der Waals surface area (Å²) >= 11 is 0. The van der Waals surface area contributed by atoms with Crippen LogP contribution in [0.15, 0.2) is 0 Å². The van der Waals surface area contributed by atoms with Crippen molar-refractivity contribution in [1.29, 1.82) is 0 Å². The van der Waals surface area contributed by atoms with Gasteiger partial charge in [0, 0.05) is 12.6 Å². The topological polar surface area (TPSA) is 61.6 Å². The van der Waals surface area contributed by atoms with Crippen molar-refractivity contribution in [3.8, 4) is 0 Å². The second kappa shape index (κ2) is 6.87. The van der Waals surface area contributed by atoms with Gasteiger partial charge in [-0.3, -0.25) is 9.69 Å². The quantitative estimate of drug-likeness (QED) is 0.709. The first-order valence-electron chi connectivity index (χ1n) is 8.00. The maximum Gasteiger partial charge on any atom is 0.237 e. The second-order valence-electron chi connectivity index (χ2n) is 6.54. The minimum absolute atomic E-state index is 0.253. The Kier molecular flexibility index (Phi) is 5.41. The van der Waals surface area contributed by atoms with E-state index in [0.717, 1.165) is 25.4 Å². The molecule has 3 N–H and O–H groups in total. The van der Waals surface area contributed by atoms with Crippen LogP contribution in [0.5, 0.6) is 0 Å². The molecule has 2 saturated heterocycles. The zero-order chi connectivity index (χ0) is 14.6. The first kappa shape index (κ1) is 15.7. The normalized spacial score (nSPS) is 27.8. The van der Waals surface area contributed by atoms with E-state index < -0.39 is 5.54 Å². The number of likely N-dealkylation sites (tertiary alicyclic amines) is 2. The van der Waals surface area contributed by atoms with Gasteiger partial charge in [0.05, 0.1) is 5.54 Å². The molecule has 2 aliphatic rings. The molecule has 20 heavy (non-hydrogen) atoms. The summed E-state index contributed by atoms with van der Waals surface area (Å²) in [5, 5.41) is 3.06. The lowest BCUT2D eigenvalue weighted by Crippen LogP contribution is -2.51. The molecule has 2 atom stereocenters. The monoisotopic (exact) mass is 282 g/mol. The third-order valence-electron chi connectivity index (χ3n) is 5.15. The van der Waals surface area contributed by atoms with Gasteiger partial charge in [-0.25, -0.2) is 0 Å². The summed E-state index contributed by atoms with van der Waals surface area (Å²) in [4.78, 5) is 16.6. The average molecular weight is 282 g/mol. The van der Waals surface area contributed by atoms with Gasteiger partial charge in [0.25, 0.3) is 0 Å². The molecule has 2 unspecified atom stereocenters. The van der Waals surface area contributed by atoms with E-state index in [1.165, 1.54) is 45.4 Å². The summed E-state index contributed by atoms with van der Waals surface area (Å²) in [6.07, 6.45) is 5.88. The molecule has 116 valence electrons. The van der Waals surface area contributed by atoms with Crippen molar-refractivity contribution in [3.63, 3.8) is 0 Å². The van der Waals surface area contributed by atoms with Crippen molar-refractivity contribution < 1.29 is 4.79 Å². The molecule has 1 amide bonds. The Bertz CT molecular complexity index is 330. The number of rotatable bonds is 7. The van der Waals surface area contributed by atoms with Crippen LogP contribution in [0.1, 0.15) is 39.0 Å². The van der Waals surface area contributed by atoms with Crippen molar-refractivity contribution in [3.05, 3.63) is 0 Å². The fraction of sp³-hybridized carbons (Fsp3) is 0.933. The Labute approximate surface area is 122 Å². The van der Waals surface area contributed by atoms with E-state index in [0.29, 0.717) is 0 Å². The first-order chi connectivity index (χ1) is 9.55. The van der Waals surface area contributed by atoms with E-state index in [1.54, 1.807) is 0 Å². The maximum absolute atomic E-state index is 11.4. The largest absolute Gasteiger partial charge is 0.368 e. The van der Waals surface area contributed by atoms with Gasteiger partial charge in [-0.1, -0.05) is 0 Å². The van der Waals surface area contributed by atoms with Gasteiger partial charge in [-0.2, -0.15) is 0 Å². The van der Waals surface area contributed by atoms with Crippen molar-refractivity contribution in [2.24, 2.45) is 5.73 Å². The van der Waals surface area contributed by atoms with Gasteiger partial charge in [0.1, 0.15) is 0 Å². The van der Waals surface area contributed by atoms with E-state index >= 15 is 0 Å². The number of nitrogens with two attached hydrogens (primary N) is 1. The van der Waals surface area contributed by atoms with E-state index in [-0.39, 0.29) is 5.91 Å². The number of likely N-dealkylation sites (N-methyl/N-ethyl adjacent to an activating group) is 1. The third kappa shape index (κ3) is 3.71. The minimum Gasteiger partial charge on any atom is -0.368 e. The van der Waals surface area contributed by atoms with Crippen LogP contribution in [0.3, 0.4) is 0 Å². The van der Waals surface area contributed by atoms with Crippen LogP contribution >= 0.6 is 0 Å². The fourth-order valence-corrected chi connectivity index (χ4v) is 3.45. The number of carbonyl (C=O) groups excluding carboxylic acids is 1. The molecule has 0 aromatic rings. The van der Waals surface area contributed by atoms with Crippen LogP contribution in [-0.4, -0.2) is 67.1 Å². The maximum atomic E-state index is 11.4. The van der Waals surface area contributed by atoms with Crippen molar-refractivity contribution in [2.75, 3.05) is 39.8 Å². The van der Waals surface area contributed by atoms with Gasteiger partial charge < -0.3 is 16.0 Å². The summed E-state index contributed by atoms with van der Waals surface area (Å²) in [6, 6.07) is 0.768. The van der Waals surface area contributed by atoms with Crippen LogP contribution in [0.2, 0.25) is 0 Å². The Morgan fingerprint density at radius 2 is 2.05 bits per heavy atom. The molecule has 0 bridgehead atoms. The molecule has 2 aliphatic heterocycles. The fourth-order valence-electron chi connectivity index (χ4n) is 3.45. The van der Waals surface area contributed by atoms with Gasteiger partial charge >= 0.3 is 0 Å². The zero-order valence-corrected chi connectivity index (χ0v) is 13.0. The minimum atomic E-state index is -0.561. The summed E-state index contributed by atoms with van der Waals surface area (Å²) in [5.74, 6) is -0.253. The van der Waals surface area contributed by atoms with Crippen LogP contribution < -0.4 is 11.1 Å². The highest BCUT2D eigenvalue weighted by molar-refractivity contribution is 5.84. The third-order valence-corrected chi connectivity index (χ3v) is 5.15. The molecule has 0 saturated carbocycles. The smallest absolute Gasteiger partial charge is 0.237 e. The summed E-state index contributed by atoms with van der Waals surface area (Å²) in [7, 11) is 1.81. The highest BCUT2D eigenvalue weighted by atomic mass is 16.1. The Morgan fingerprint density at radius 3 is 2.65 bits per heavy atom. The lowest BCUT2D eigenvalue weighted by molar-refractivity contribution is -0.123. The highest BCUT2D eigenvalue weighted by Gasteiger charge is 2.31. The molecule has 2 rings (SSSR count). The van der Waals surface area contributed by atoms with E-state index in [2.05, 4.69) is 15.1 Å². The van der Waals surface area contributed by atoms with Crippen molar-refractivity contribution in [1.82, 2.24) is 15.1 Å². The average Bonchev–Trinajstić information content (AvgIpc) is 3.08. The number of nitrogens with zero attached hydrogens (tertiary/aromatic N) is 2.